The maximum atomic E-state index is 12.8. The van der Waals surface area contributed by atoms with Crippen LogP contribution in [-0.2, 0) is 28.5 Å². The van der Waals surface area contributed by atoms with Crippen LogP contribution in [0.1, 0.15) is 32.7 Å². The minimum Gasteiger partial charge on any atom is -0.342 e. The van der Waals surface area contributed by atoms with Crippen molar-refractivity contribution in [2.75, 3.05) is 5.32 Å². The molecule has 1 N–H and O–H groups in total. The van der Waals surface area contributed by atoms with E-state index in [0.717, 1.165) is 5.01 Å². The lowest BCUT2D eigenvalue weighted by atomic mass is 9.98. The smallest absolute Gasteiger partial charge is 0.258 e. The third-order valence-corrected chi connectivity index (χ3v) is 4.92. The van der Waals surface area contributed by atoms with E-state index in [1.807, 2.05) is 6.92 Å². The molecule has 25 heavy (non-hydrogen) atoms. The Hall–Kier alpha value is -1.17. The second kappa shape index (κ2) is 5.66. The molecule has 5 atom stereocenters. The van der Waals surface area contributed by atoms with Crippen LogP contribution in [0.3, 0.4) is 0 Å². The Bertz CT molecular complexity index is 693. The van der Waals surface area contributed by atoms with Gasteiger partial charge in [-0.3, -0.25) is 10.1 Å². The highest BCUT2D eigenvalue weighted by atomic mass is 32.1. The van der Waals surface area contributed by atoms with Crippen molar-refractivity contribution in [3.05, 3.63) is 5.01 Å². The van der Waals surface area contributed by atoms with Gasteiger partial charge in [-0.05, 0) is 34.6 Å². The van der Waals surface area contributed by atoms with Crippen molar-refractivity contribution in [1.82, 2.24) is 10.2 Å². The van der Waals surface area contributed by atoms with Gasteiger partial charge in [0.2, 0.25) is 5.13 Å². The molecule has 10 heteroatoms. The normalized spacial score (nSPS) is 38.2. The minimum absolute atomic E-state index is 0.376. The Morgan fingerprint density at radius 3 is 2.32 bits per heavy atom. The first-order chi connectivity index (χ1) is 11.6. The van der Waals surface area contributed by atoms with Crippen molar-refractivity contribution in [1.29, 1.82) is 0 Å². The molecule has 0 bridgehead atoms. The van der Waals surface area contributed by atoms with Crippen LogP contribution in [0.4, 0.5) is 5.13 Å². The Labute approximate surface area is 148 Å². The molecule has 3 aliphatic heterocycles. The lowest BCUT2D eigenvalue weighted by molar-refractivity contribution is -0.229. The molecule has 0 aromatic carbocycles. The van der Waals surface area contributed by atoms with Gasteiger partial charge in [0.15, 0.2) is 24.0 Å². The number of ether oxygens (including phenoxy) is 5. The second-order valence-electron chi connectivity index (χ2n) is 7.21. The third kappa shape index (κ3) is 3.18. The molecular weight excluding hydrogens is 350 g/mol. The number of carbonyl (C=O) groups is 1. The fourth-order valence-electron chi connectivity index (χ4n) is 3.35. The maximum Gasteiger partial charge on any atom is 0.258 e. The van der Waals surface area contributed by atoms with Gasteiger partial charge < -0.3 is 23.7 Å². The van der Waals surface area contributed by atoms with Crippen LogP contribution < -0.4 is 5.32 Å². The standard InChI is InChI=1S/C15H21N3O6S/c1-6-17-18-13(25-6)16-11(19)9-7-8(22-14(2,3)21-7)10-12(20-9)24-15(4,5)23-10/h7-10,12H,1-5H3,(H,16,18,19)/t7-,8+,9+,10-,12-/m1/s1. The van der Waals surface area contributed by atoms with E-state index in [2.05, 4.69) is 15.5 Å². The summed E-state index contributed by atoms with van der Waals surface area (Å²) in [5, 5.41) is 11.7. The van der Waals surface area contributed by atoms with E-state index in [4.69, 9.17) is 23.7 Å². The summed E-state index contributed by atoms with van der Waals surface area (Å²) in [7, 11) is 0. The molecule has 0 aliphatic carbocycles. The van der Waals surface area contributed by atoms with Crippen molar-refractivity contribution in [3.8, 4) is 0 Å². The van der Waals surface area contributed by atoms with Gasteiger partial charge in [0.1, 0.15) is 23.3 Å². The quantitative estimate of drug-likeness (QED) is 0.827. The van der Waals surface area contributed by atoms with Crippen LogP contribution in [0.15, 0.2) is 0 Å². The molecule has 0 saturated carbocycles. The molecule has 4 heterocycles. The molecule has 9 nitrogen and oxygen atoms in total. The van der Waals surface area contributed by atoms with E-state index in [0.29, 0.717) is 5.13 Å². The predicted octanol–water partition coefficient (Wildman–Crippen LogP) is 1.18. The summed E-state index contributed by atoms with van der Waals surface area (Å²) in [6.07, 6.45) is -3.16. The van der Waals surface area contributed by atoms with E-state index in [-0.39, 0.29) is 5.91 Å². The van der Waals surface area contributed by atoms with Crippen LogP contribution in [0.5, 0.6) is 0 Å². The molecule has 3 saturated heterocycles. The lowest BCUT2D eigenvalue weighted by Crippen LogP contribution is -2.58. The van der Waals surface area contributed by atoms with Crippen LogP contribution >= 0.6 is 11.3 Å². The zero-order valence-electron chi connectivity index (χ0n) is 14.6. The SMILES string of the molecule is Cc1nnc(NC(=O)[C@H]2O[C@@H]3OC(C)(C)O[C@@H]3[C@H]3OC(C)(C)O[C@H]32)s1. The zero-order valence-corrected chi connectivity index (χ0v) is 15.5. The first-order valence-electron chi connectivity index (χ1n) is 8.11. The van der Waals surface area contributed by atoms with Crippen molar-refractivity contribution in [3.63, 3.8) is 0 Å². The number of rotatable bonds is 2. The van der Waals surface area contributed by atoms with Crippen LogP contribution in [0, 0.1) is 6.92 Å². The van der Waals surface area contributed by atoms with Crippen molar-refractivity contribution in [2.24, 2.45) is 0 Å². The molecule has 3 fully saturated rings. The molecule has 4 rings (SSSR count). The number of nitrogens with one attached hydrogen (secondary N) is 1. The van der Waals surface area contributed by atoms with E-state index in [1.54, 1.807) is 27.7 Å². The number of aromatic nitrogens is 2. The Kier molecular flexibility index (Phi) is 3.91. The summed E-state index contributed by atoms with van der Waals surface area (Å²) in [6.45, 7) is 9.00. The third-order valence-electron chi connectivity index (χ3n) is 4.17. The summed E-state index contributed by atoms with van der Waals surface area (Å²) in [5.74, 6) is -2.04. The molecular formula is C15H21N3O6S. The lowest BCUT2D eigenvalue weighted by Gasteiger charge is -2.36. The zero-order chi connectivity index (χ0) is 18.0. The summed E-state index contributed by atoms with van der Waals surface area (Å²) in [6, 6.07) is 0. The van der Waals surface area contributed by atoms with Gasteiger partial charge in [-0.15, -0.1) is 10.2 Å². The summed E-state index contributed by atoms with van der Waals surface area (Å²) in [5.41, 5.74) is 0. The monoisotopic (exact) mass is 371 g/mol. The Morgan fingerprint density at radius 1 is 1.00 bits per heavy atom. The number of aryl methyl sites for hydroxylation is 1. The summed E-state index contributed by atoms with van der Waals surface area (Å²) < 4.78 is 29.5. The van der Waals surface area contributed by atoms with E-state index in [1.165, 1.54) is 11.3 Å². The predicted molar refractivity (Wildman–Crippen MR) is 85.8 cm³/mol. The van der Waals surface area contributed by atoms with Gasteiger partial charge in [0.25, 0.3) is 5.91 Å². The first kappa shape index (κ1) is 17.3. The summed E-state index contributed by atoms with van der Waals surface area (Å²) in [4.78, 5) is 12.8. The molecule has 3 aliphatic rings. The van der Waals surface area contributed by atoms with Gasteiger partial charge in [0.05, 0.1) is 0 Å². The molecule has 138 valence electrons. The molecule has 1 aromatic rings. The number of nitrogens with zero attached hydrogens (tertiary/aromatic N) is 2. The average Bonchev–Trinajstić information content (AvgIpc) is 3.11. The number of hydrogen-bond acceptors (Lipinski definition) is 9. The van der Waals surface area contributed by atoms with Crippen LogP contribution in [-0.4, -0.2) is 58.4 Å². The second-order valence-corrected chi connectivity index (χ2v) is 8.39. The number of amides is 1. The topological polar surface area (TPSA) is 101 Å². The largest absolute Gasteiger partial charge is 0.342 e. The van der Waals surface area contributed by atoms with E-state index < -0.39 is 42.3 Å². The molecule has 1 aromatic heterocycles. The summed E-state index contributed by atoms with van der Waals surface area (Å²) >= 11 is 1.29. The van der Waals surface area contributed by atoms with Gasteiger partial charge in [-0.1, -0.05) is 11.3 Å². The highest BCUT2D eigenvalue weighted by Crippen LogP contribution is 2.44. The fraction of sp³-hybridized carbons (Fsp3) is 0.800. The Morgan fingerprint density at radius 2 is 1.64 bits per heavy atom. The maximum absolute atomic E-state index is 12.8. The van der Waals surface area contributed by atoms with E-state index in [9.17, 15) is 4.79 Å². The number of fused-ring (bicyclic) bond motifs is 3. The van der Waals surface area contributed by atoms with Gasteiger partial charge in [-0.25, -0.2) is 0 Å². The van der Waals surface area contributed by atoms with Crippen molar-refractivity contribution in [2.45, 2.75) is 76.9 Å². The van der Waals surface area contributed by atoms with Crippen molar-refractivity contribution >= 4 is 22.4 Å². The van der Waals surface area contributed by atoms with Gasteiger partial charge in [-0.2, -0.15) is 0 Å². The number of hydrogen-bond donors (Lipinski definition) is 1. The van der Waals surface area contributed by atoms with Gasteiger partial charge >= 0.3 is 0 Å². The van der Waals surface area contributed by atoms with Crippen LogP contribution in [0.2, 0.25) is 0 Å². The van der Waals surface area contributed by atoms with Crippen LogP contribution in [0.25, 0.3) is 0 Å². The van der Waals surface area contributed by atoms with Crippen molar-refractivity contribution < 1.29 is 28.5 Å². The Balaban J connectivity index is 1.58. The van der Waals surface area contributed by atoms with Gasteiger partial charge in [0, 0.05) is 0 Å². The highest BCUT2D eigenvalue weighted by molar-refractivity contribution is 7.15. The minimum atomic E-state index is -0.908. The molecule has 0 radical (unpaired) electrons. The molecule has 0 spiro atoms. The number of anilines is 1. The molecule has 0 unspecified atom stereocenters. The average molecular weight is 371 g/mol. The molecule has 1 amide bonds. The first-order valence-corrected chi connectivity index (χ1v) is 8.93. The number of carbonyl (C=O) groups excluding carboxylic acids is 1. The fourth-order valence-corrected chi connectivity index (χ4v) is 3.94. The van der Waals surface area contributed by atoms with E-state index >= 15 is 0 Å². The highest BCUT2D eigenvalue weighted by Gasteiger charge is 2.62.